The van der Waals surface area contributed by atoms with Crippen molar-refractivity contribution in [2.75, 3.05) is 24.6 Å². The van der Waals surface area contributed by atoms with E-state index in [9.17, 15) is 44.3 Å². The van der Waals surface area contributed by atoms with Gasteiger partial charge in [-0.1, -0.05) is 25.0 Å². The van der Waals surface area contributed by atoms with Crippen molar-refractivity contribution >= 4 is 21.0 Å². The first-order valence-corrected chi connectivity index (χ1v) is 17.9. The van der Waals surface area contributed by atoms with Gasteiger partial charge in [-0.2, -0.15) is 22.0 Å². The van der Waals surface area contributed by atoms with Crippen molar-refractivity contribution in [3.8, 4) is 5.75 Å². The molecular formula is C34H42F7NO3S. The molecule has 0 aromatic heterocycles. The van der Waals surface area contributed by atoms with Gasteiger partial charge in [0.25, 0.3) is 0 Å². The Morgan fingerprint density at radius 3 is 2.30 bits per heavy atom. The average molecular weight is 678 g/mol. The van der Waals surface area contributed by atoms with Crippen molar-refractivity contribution in [1.82, 2.24) is 4.90 Å². The number of rotatable bonds is 15. The Bertz CT molecular complexity index is 1460. The third-order valence-electron chi connectivity index (χ3n) is 9.17. The Kier molecular flexibility index (Phi) is 12.2. The fraction of sp³-hybridized carbons (Fsp3) is 0.588. The minimum atomic E-state index is -5.68. The van der Waals surface area contributed by atoms with Crippen molar-refractivity contribution in [3.05, 3.63) is 64.7 Å². The topological polar surface area (TPSA) is 57.6 Å². The third kappa shape index (κ3) is 9.71. The van der Waals surface area contributed by atoms with Gasteiger partial charge in [-0.15, -0.1) is 0 Å². The number of benzene rings is 2. The first-order chi connectivity index (χ1) is 21.7. The van der Waals surface area contributed by atoms with E-state index in [0.29, 0.717) is 19.3 Å². The number of hydrogen-bond donors (Lipinski definition) is 1. The van der Waals surface area contributed by atoms with Crippen LogP contribution in [-0.4, -0.2) is 61.2 Å². The zero-order valence-corrected chi connectivity index (χ0v) is 26.6. The summed E-state index contributed by atoms with van der Waals surface area (Å²) >= 11 is 0. The van der Waals surface area contributed by atoms with Gasteiger partial charge in [-0.25, -0.2) is 17.2 Å². The smallest absolute Gasteiger partial charge is 0.453 e. The molecule has 1 heterocycles. The molecule has 4 rings (SSSR count). The Balaban J connectivity index is 1.27. The molecule has 2 aromatic rings. The highest BCUT2D eigenvalue weighted by molar-refractivity contribution is 7.91. The van der Waals surface area contributed by atoms with Crippen LogP contribution in [0.3, 0.4) is 0 Å². The lowest BCUT2D eigenvalue weighted by Gasteiger charge is -2.24. The maximum Gasteiger partial charge on any atom is 0.453 e. The van der Waals surface area contributed by atoms with Crippen LogP contribution in [-0.2, 0) is 16.3 Å². The van der Waals surface area contributed by atoms with E-state index in [1.807, 2.05) is 0 Å². The van der Waals surface area contributed by atoms with Crippen LogP contribution in [0.4, 0.5) is 30.7 Å². The highest BCUT2D eigenvalue weighted by Gasteiger charge is 2.56. The zero-order valence-electron chi connectivity index (χ0n) is 25.8. The van der Waals surface area contributed by atoms with Gasteiger partial charge < -0.3 is 10.0 Å². The normalized spacial score (nSPS) is 18.2. The third-order valence-corrected chi connectivity index (χ3v) is 10.9. The fourth-order valence-corrected chi connectivity index (χ4v) is 8.10. The van der Waals surface area contributed by atoms with Crippen LogP contribution < -0.4 is 0 Å². The van der Waals surface area contributed by atoms with E-state index in [-0.39, 0.29) is 23.4 Å². The van der Waals surface area contributed by atoms with Crippen molar-refractivity contribution in [1.29, 1.82) is 0 Å². The molecule has 0 amide bonds. The van der Waals surface area contributed by atoms with Crippen LogP contribution in [0.15, 0.2) is 36.4 Å². The lowest BCUT2D eigenvalue weighted by Crippen LogP contribution is -2.36. The van der Waals surface area contributed by atoms with Crippen LogP contribution in [0, 0.1) is 11.6 Å². The van der Waals surface area contributed by atoms with E-state index in [4.69, 9.17) is 0 Å². The van der Waals surface area contributed by atoms with E-state index in [0.717, 1.165) is 92.3 Å². The number of sulfone groups is 1. The summed E-state index contributed by atoms with van der Waals surface area (Å²) in [6.07, 6.45) is 0.614. The van der Waals surface area contributed by atoms with E-state index >= 15 is 0 Å². The van der Waals surface area contributed by atoms with E-state index in [1.165, 1.54) is 24.3 Å². The molecule has 1 aliphatic carbocycles. The summed E-state index contributed by atoms with van der Waals surface area (Å²) in [6.45, 7) is 1.60. The number of halogens is 7. The molecule has 256 valence electrons. The first-order valence-electron chi connectivity index (χ1n) is 16.1. The number of allylic oxidation sites excluding steroid dienone is 2. The molecule has 1 aliphatic heterocycles. The van der Waals surface area contributed by atoms with Crippen LogP contribution in [0.1, 0.15) is 93.7 Å². The van der Waals surface area contributed by atoms with E-state index < -0.39 is 46.3 Å². The molecule has 2 aromatic carbocycles. The molecule has 1 fully saturated rings. The molecule has 0 bridgehead atoms. The Hall–Kier alpha value is -2.60. The highest BCUT2D eigenvalue weighted by Crippen LogP contribution is 2.41. The second-order valence-electron chi connectivity index (χ2n) is 12.5. The monoisotopic (exact) mass is 677 g/mol. The summed E-state index contributed by atoms with van der Waals surface area (Å²) in [5, 5.41) is 9.98. The molecule has 1 saturated heterocycles. The average Bonchev–Trinajstić information content (AvgIpc) is 3.36. The number of likely N-dealkylation sites (tertiary alicyclic amines) is 1. The fourth-order valence-electron chi connectivity index (χ4n) is 6.68. The van der Waals surface area contributed by atoms with Crippen LogP contribution in [0.25, 0.3) is 11.1 Å². The molecule has 2 aliphatic rings. The minimum absolute atomic E-state index is 0.0311. The van der Waals surface area contributed by atoms with Gasteiger partial charge in [0.15, 0.2) is 11.6 Å². The SMILES string of the molecule is O=S(=O)(CCCC(F)(F)C(F)(F)F)CC[C@@H]1CCCN1CCCCCCC1=C(c2ccc(F)cc2)CCCc2cc(O)c(F)cc21. The summed E-state index contributed by atoms with van der Waals surface area (Å²) in [4.78, 5) is 2.24. The molecule has 1 N–H and O–H groups in total. The van der Waals surface area contributed by atoms with Crippen molar-refractivity contribution < 1.29 is 44.3 Å². The molecule has 0 unspecified atom stereocenters. The number of alkyl halides is 5. The lowest BCUT2D eigenvalue weighted by atomic mass is 9.89. The molecule has 0 spiro atoms. The standard InChI is InChI=1S/C34H42F7NO3S/c35-26-14-12-24(13-15-26)28-11-5-8-25-22-32(43)31(36)23-30(25)29(28)10-3-1-2-4-18-42-19-6-9-27(42)16-21-46(44,45)20-7-17-33(37,38)34(39,40)41/h12-15,22-23,27,43H,1-11,16-21H2/t27-/m0/s1. The maximum absolute atomic E-state index is 14.5. The quantitative estimate of drug-likeness (QED) is 0.151. The van der Waals surface area contributed by atoms with Gasteiger partial charge in [0.1, 0.15) is 15.7 Å². The van der Waals surface area contributed by atoms with Crippen LogP contribution in [0.5, 0.6) is 5.75 Å². The van der Waals surface area contributed by atoms with Gasteiger partial charge in [-0.05, 0) is 129 Å². The summed E-state index contributed by atoms with van der Waals surface area (Å²) < 4.78 is 116. The van der Waals surface area contributed by atoms with E-state index in [2.05, 4.69) is 4.90 Å². The predicted octanol–water partition coefficient (Wildman–Crippen LogP) is 9.12. The van der Waals surface area contributed by atoms with Gasteiger partial charge in [-0.3, -0.25) is 0 Å². The first kappa shape index (κ1) is 36.2. The number of hydrogen-bond acceptors (Lipinski definition) is 4. The van der Waals surface area contributed by atoms with Crippen molar-refractivity contribution in [2.24, 2.45) is 0 Å². The van der Waals surface area contributed by atoms with Gasteiger partial charge in [0.05, 0.1) is 11.5 Å². The molecule has 46 heavy (non-hydrogen) atoms. The summed E-state index contributed by atoms with van der Waals surface area (Å²) in [5.41, 5.74) is 4.66. The Morgan fingerprint density at radius 1 is 0.870 bits per heavy atom. The van der Waals surface area contributed by atoms with Gasteiger partial charge >= 0.3 is 12.1 Å². The van der Waals surface area contributed by atoms with Crippen molar-refractivity contribution in [2.45, 2.75) is 102 Å². The minimum Gasteiger partial charge on any atom is -0.505 e. The summed E-state index contributed by atoms with van der Waals surface area (Å²) in [7, 11) is -3.75. The van der Waals surface area contributed by atoms with E-state index in [1.54, 1.807) is 12.1 Å². The highest BCUT2D eigenvalue weighted by atomic mass is 32.2. The number of phenolic OH excluding ortho intramolecular Hbond substituents is 1. The van der Waals surface area contributed by atoms with Gasteiger partial charge in [0, 0.05) is 12.5 Å². The lowest BCUT2D eigenvalue weighted by molar-refractivity contribution is -0.284. The van der Waals surface area contributed by atoms with Crippen LogP contribution in [0.2, 0.25) is 0 Å². The Morgan fingerprint density at radius 2 is 1.59 bits per heavy atom. The molecule has 12 heteroatoms. The Labute approximate surface area is 266 Å². The number of phenols is 1. The van der Waals surface area contributed by atoms with Gasteiger partial charge in [0.2, 0.25) is 0 Å². The molecule has 0 radical (unpaired) electrons. The number of fused-ring (bicyclic) bond motifs is 1. The summed E-state index contributed by atoms with van der Waals surface area (Å²) in [6, 6.07) is 9.27. The maximum atomic E-state index is 14.5. The second kappa shape index (κ2) is 15.5. The largest absolute Gasteiger partial charge is 0.505 e. The summed E-state index contributed by atoms with van der Waals surface area (Å²) in [5.74, 6) is -7.20. The second-order valence-corrected chi connectivity index (χ2v) is 14.8. The number of aryl methyl sites for hydroxylation is 1. The molecular weight excluding hydrogens is 635 g/mol. The van der Waals surface area contributed by atoms with Crippen LogP contribution >= 0.6 is 0 Å². The molecule has 0 saturated carbocycles. The zero-order chi connectivity index (χ0) is 33.5. The predicted molar refractivity (Wildman–Crippen MR) is 165 cm³/mol. The number of nitrogens with zero attached hydrogens (tertiary/aromatic N) is 1. The number of unbranched alkanes of at least 4 members (excludes halogenated alkanes) is 3. The number of aromatic hydroxyl groups is 1. The molecule has 4 nitrogen and oxygen atoms in total. The van der Waals surface area contributed by atoms with Crippen molar-refractivity contribution in [3.63, 3.8) is 0 Å². The molecule has 1 atom stereocenters.